The maximum absolute atomic E-state index is 14.4. The van der Waals surface area contributed by atoms with E-state index >= 15 is 0 Å². The summed E-state index contributed by atoms with van der Waals surface area (Å²) in [5, 5.41) is 53.7. The monoisotopic (exact) mass is 1290 g/mol. The molecule has 1 unspecified atom stereocenters. The third kappa shape index (κ3) is 13.8. The minimum atomic E-state index is -1.31. The van der Waals surface area contributed by atoms with Gasteiger partial charge in [-0.25, -0.2) is 34.9 Å². The molecule has 1 fully saturated rings. The number of pyridine rings is 1. The Hall–Kier alpha value is -8.17. The van der Waals surface area contributed by atoms with Gasteiger partial charge >= 0.3 is 11.9 Å². The maximum atomic E-state index is 14.4. The summed E-state index contributed by atoms with van der Waals surface area (Å²) in [5.74, 6) is -7.02. The highest BCUT2D eigenvalue weighted by Gasteiger charge is 2.42. The summed E-state index contributed by atoms with van der Waals surface area (Å²) in [7, 11) is 2.91. The average Bonchev–Trinajstić information content (AvgIpc) is 3.14. The van der Waals surface area contributed by atoms with Gasteiger partial charge in [-0.05, 0) is 43.4 Å². The van der Waals surface area contributed by atoms with Gasteiger partial charge in [0.1, 0.15) is 82.2 Å². The molecule has 1 saturated carbocycles. The van der Waals surface area contributed by atoms with Crippen LogP contribution in [-0.2, 0) is 35.3 Å². The number of anilines is 1. The van der Waals surface area contributed by atoms with E-state index in [9.17, 15) is 53.7 Å². The number of nitrogens with one attached hydrogen (secondary N) is 5. The number of aromatic nitrogens is 7. The zero-order valence-corrected chi connectivity index (χ0v) is 51.8. The van der Waals surface area contributed by atoms with Crippen LogP contribution in [0.25, 0.3) is 43.4 Å². The Bertz CT molecular complexity index is 3920. The molecule has 1 aliphatic carbocycles. The molecule has 0 saturated heterocycles. The second-order valence-electron chi connectivity index (χ2n) is 20.5. The molecule has 25 nitrogen and oxygen atoms in total. The predicted octanol–water partition coefficient (Wildman–Crippen LogP) is 7.23. The van der Waals surface area contributed by atoms with Crippen molar-refractivity contribution in [2.24, 2.45) is 17.8 Å². The average molecular weight is 1290 g/mol. The topological polar surface area (TPSA) is 360 Å². The van der Waals surface area contributed by atoms with Crippen molar-refractivity contribution in [1.29, 1.82) is 0 Å². The highest BCUT2D eigenvalue weighted by Crippen LogP contribution is 2.42. The molecule has 1 aromatic carbocycles. The van der Waals surface area contributed by atoms with E-state index in [-0.39, 0.29) is 71.9 Å². The molecule has 8 N–H and O–H groups in total. The molecule has 452 valence electrons. The van der Waals surface area contributed by atoms with Gasteiger partial charge in [0, 0.05) is 58.6 Å². The lowest BCUT2D eigenvalue weighted by molar-refractivity contribution is -0.148. The smallest absolute Gasteiger partial charge is 0.306 e. The van der Waals surface area contributed by atoms with Crippen molar-refractivity contribution in [2.75, 3.05) is 32.1 Å². The van der Waals surface area contributed by atoms with Gasteiger partial charge in [-0.2, -0.15) is 0 Å². The standard InChI is InChI=1S/C56H55N13O12S6/c1-24(2)40-54-68-43(35(87-54)19-81-5)47(76)58-18-38(71)65-44(45(74)26-9-7-6-8-10-26)53-63-34(22-84-53)51-61-32(20-83-51)42-29(49-62-33(21-82-49)46(75)60-31(17-37(70)57-4)52-67-41(25(3)86-52)48(77)66-40)11-12-30(59-42)50-64-36(23-85-50)69(14-13-39(72)73)55(78)27-15-28(16-27)56(79)80/h6-12,20-24,27-28,31,40,44-45,74H,13-19H2,1-5H3,(H,57,70)(H,58,76)(H,60,75)(H,65,71)(H,66,77)(H,72,73)(H,79,80)/t27-,28-,31-,40?,44-,45-/m0/s1. The predicted molar refractivity (Wildman–Crippen MR) is 325 cm³/mol. The Morgan fingerprint density at radius 2 is 1.40 bits per heavy atom. The number of aliphatic carboxylic acids is 2. The van der Waals surface area contributed by atoms with Crippen LogP contribution in [-0.4, -0.2) is 125 Å². The van der Waals surface area contributed by atoms with Crippen LogP contribution >= 0.6 is 68.0 Å². The molecule has 1 aliphatic heterocycles. The van der Waals surface area contributed by atoms with E-state index in [4.69, 9.17) is 29.7 Å². The normalized spacial score (nSPS) is 18.5. The minimum absolute atomic E-state index is 0.0142. The molecule has 7 aromatic heterocycles. The first-order chi connectivity index (χ1) is 41.8. The third-order valence-corrected chi connectivity index (χ3v) is 19.9. The molecule has 0 spiro atoms. The number of aliphatic hydroxyl groups excluding tert-OH is 1. The summed E-state index contributed by atoms with van der Waals surface area (Å²) in [6.07, 6.45) is -1.72. The van der Waals surface area contributed by atoms with Crippen LogP contribution in [0.1, 0.15) is 126 Å². The van der Waals surface area contributed by atoms with E-state index < -0.39 is 96.4 Å². The zero-order chi connectivity index (χ0) is 61.8. The number of nitrogens with zero attached hydrogens (tertiary/aromatic N) is 8. The van der Waals surface area contributed by atoms with Crippen LogP contribution < -0.4 is 31.5 Å². The molecular formula is C56H55N13O12S6. The lowest BCUT2D eigenvalue weighted by Crippen LogP contribution is -2.44. The van der Waals surface area contributed by atoms with Crippen molar-refractivity contribution in [3.8, 4) is 43.4 Å². The Morgan fingerprint density at radius 1 is 0.701 bits per heavy atom. The van der Waals surface area contributed by atoms with Crippen molar-refractivity contribution < 1.29 is 58.4 Å². The minimum Gasteiger partial charge on any atom is -0.481 e. The molecule has 10 rings (SSSR count). The second kappa shape index (κ2) is 26.8. The molecule has 31 heteroatoms. The van der Waals surface area contributed by atoms with E-state index in [1.54, 1.807) is 70.9 Å². The molecule has 8 heterocycles. The summed E-state index contributed by atoms with van der Waals surface area (Å²) < 4.78 is 5.45. The van der Waals surface area contributed by atoms with Crippen LogP contribution in [0.15, 0.2) is 64.0 Å². The summed E-state index contributed by atoms with van der Waals surface area (Å²) >= 11 is 6.93. The van der Waals surface area contributed by atoms with Gasteiger partial charge in [0.15, 0.2) is 0 Å². The van der Waals surface area contributed by atoms with Gasteiger partial charge in [-0.15, -0.1) is 68.0 Å². The number of carbonyl (C=O) groups excluding carboxylic acids is 6. The van der Waals surface area contributed by atoms with Crippen LogP contribution in [0.2, 0.25) is 0 Å². The summed E-state index contributed by atoms with van der Waals surface area (Å²) in [5.41, 5.74) is 2.26. The van der Waals surface area contributed by atoms with Crippen molar-refractivity contribution in [1.82, 2.24) is 61.5 Å². The molecular weight excluding hydrogens is 1240 g/mol. The first-order valence-corrected chi connectivity index (χ1v) is 32.1. The van der Waals surface area contributed by atoms with Crippen molar-refractivity contribution >= 4 is 121 Å². The van der Waals surface area contributed by atoms with Crippen molar-refractivity contribution in [3.05, 3.63) is 111 Å². The number of hydrogen-bond donors (Lipinski definition) is 8. The number of carboxylic acid groups (broad SMARTS) is 2. The number of methoxy groups -OCH3 is 1. The Labute approximate surface area is 519 Å². The SMILES string of the molecule is CNC(=O)C[C@@H]1NC(=O)c2csc(n2)-c2ccc(-c3nc(N(CCC(=O)O)C(=O)[C@H]4C[C@H](C(=O)O)C4)cs3)nc2-c2csc(n2)-c2csc(n2)[C@H]([C@@H](O)c2ccccc2)NC(=O)CNC(=O)c2nc(sc2COC)C(C(C)C)NC(=O)c2nc1sc2C. The zero-order valence-electron chi connectivity index (χ0n) is 46.9. The Kier molecular flexibility index (Phi) is 19.1. The number of amides is 6. The van der Waals surface area contributed by atoms with Crippen LogP contribution in [0.3, 0.4) is 0 Å². The fourth-order valence-electron chi connectivity index (χ4n) is 9.49. The number of fused-ring (bicyclic) bond motifs is 14. The summed E-state index contributed by atoms with van der Waals surface area (Å²) in [6.45, 7) is 4.67. The number of aryl methyl sites for hydroxylation is 1. The van der Waals surface area contributed by atoms with E-state index in [1.807, 2.05) is 13.8 Å². The van der Waals surface area contributed by atoms with E-state index in [2.05, 4.69) is 36.6 Å². The van der Waals surface area contributed by atoms with E-state index in [1.165, 1.54) is 30.4 Å². The van der Waals surface area contributed by atoms with Crippen molar-refractivity contribution in [3.63, 3.8) is 0 Å². The number of aliphatic hydroxyl groups is 1. The number of hydrogen-bond acceptors (Lipinski definition) is 23. The Balaban J connectivity index is 1.05. The number of carboxylic acids is 2. The fourth-order valence-corrected chi connectivity index (χ4v) is 15.0. The second-order valence-corrected chi connectivity index (χ2v) is 26.3. The lowest BCUT2D eigenvalue weighted by Gasteiger charge is -2.34. The first kappa shape index (κ1) is 61.9. The van der Waals surface area contributed by atoms with Gasteiger partial charge in [-0.3, -0.25) is 43.3 Å². The molecule has 4 atom stereocenters. The van der Waals surface area contributed by atoms with Gasteiger partial charge in [0.25, 0.3) is 17.7 Å². The van der Waals surface area contributed by atoms with E-state index in [0.717, 1.165) is 56.7 Å². The van der Waals surface area contributed by atoms with E-state index in [0.29, 0.717) is 63.0 Å². The molecule has 6 amide bonds. The molecule has 8 aromatic rings. The molecule has 0 radical (unpaired) electrons. The molecule has 10 bridgehead atoms. The lowest BCUT2D eigenvalue weighted by atomic mass is 9.74. The number of rotatable bonds is 14. The summed E-state index contributed by atoms with van der Waals surface area (Å²) in [4.78, 5) is 143. The van der Waals surface area contributed by atoms with Crippen molar-refractivity contribution in [2.45, 2.75) is 77.3 Å². The maximum Gasteiger partial charge on any atom is 0.306 e. The number of carbonyl (C=O) groups is 8. The van der Waals surface area contributed by atoms with Gasteiger partial charge < -0.3 is 46.6 Å². The van der Waals surface area contributed by atoms with Gasteiger partial charge in [-0.1, -0.05) is 44.2 Å². The highest BCUT2D eigenvalue weighted by atomic mass is 32.1. The highest BCUT2D eigenvalue weighted by molar-refractivity contribution is 7.15. The molecule has 87 heavy (non-hydrogen) atoms. The number of thiazole rings is 6. The molecule has 2 aliphatic rings. The van der Waals surface area contributed by atoms with Gasteiger partial charge in [0.05, 0.1) is 54.6 Å². The fraction of sp³-hybridized carbons (Fsp3) is 0.339. The number of ether oxygens (including phenoxy) is 1. The summed E-state index contributed by atoms with van der Waals surface area (Å²) in [6, 6.07) is 9.19. The quantitative estimate of drug-likeness (QED) is 0.0532. The van der Waals surface area contributed by atoms with Gasteiger partial charge in [0.2, 0.25) is 17.7 Å². The largest absolute Gasteiger partial charge is 0.481 e. The third-order valence-electron chi connectivity index (χ3n) is 14.2. The first-order valence-electron chi connectivity index (χ1n) is 27.0. The van der Waals surface area contributed by atoms with Crippen LogP contribution in [0, 0.1) is 24.7 Å². The van der Waals surface area contributed by atoms with Crippen LogP contribution in [0.4, 0.5) is 5.82 Å². The number of benzene rings is 1. The van der Waals surface area contributed by atoms with Crippen LogP contribution in [0.5, 0.6) is 0 Å². The Morgan fingerprint density at radius 3 is 2.13 bits per heavy atom.